The molecule has 84 valence electrons. The lowest BCUT2D eigenvalue weighted by Gasteiger charge is -2.25. The van der Waals surface area contributed by atoms with Crippen LogP contribution in [0.4, 0.5) is 5.13 Å². The second kappa shape index (κ2) is 4.92. The maximum atomic E-state index is 8.95. The van der Waals surface area contributed by atoms with Crippen LogP contribution < -0.4 is 10.6 Å². The van der Waals surface area contributed by atoms with Gasteiger partial charge in [0, 0.05) is 24.2 Å². The van der Waals surface area contributed by atoms with Gasteiger partial charge in [0.05, 0.1) is 12.6 Å². The molecule has 1 aliphatic rings. The molecule has 1 unspecified atom stereocenters. The lowest BCUT2D eigenvalue weighted by molar-refractivity contribution is 0.269. The lowest BCUT2D eigenvalue weighted by atomic mass is 10.1. The molecule has 0 aromatic carbocycles. The van der Waals surface area contributed by atoms with Crippen LogP contribution in [0.1, 0.15) is 30.2 Å². The van der Waals surface area contributed by atoms with Crippen LogP contribution in [-0.2, 0) is 0 Å². The summed E-state index contributed by atoms with van der Waals surface area (Å²) in [5.74, 6) is 0. The highest BCUT2D eigenvalue weighted by Crippen LogP contribution is 2.27. The first-order chi connectivity index (χ1) is 7.31. The van der Waals surface area contributed by atoms with Crippen molar-refractivity contribution in [3.63, 3.8) is 0 Å². The molecule has 0 aliphatic carbocycles. The molecular weight excluding hydrogens is 210 g/mol. The summed E-state index contributed by atoms with van der Waals surface area (Å²) >= 11 is 1.60. The van der Waals surface area contributed by atoms with Gasteiger partial charge in [-0.1, -0.05) is 0 Å². The third kappa shape index (κ3) is 2.48. The van der Waals surface area contributed by atoms with E-state index < -0.39 is 0 Å². The number of hydrogen-bond acceptors (Lipinski definition) is 5. The molecule has 0 saturated carbocycles. The molecule has 0 amide bonds. The van der Waals surface area contributed by atoms with Crippen molar-refractivity contribution in [2.45, 2.75) is 25.3 Å². The molecule has 1 aromatic rings. The second-order valence-corrected chi connectivity index (χ2v) is 4.92. The third-order valence-electron chi connectivity index (χ3n) is 2.70. The zero-order valence-corrected chi connectivity index (χ0v) is 9.54. The Kier molecular flexibility index (Phi) is 3.56. The molecule has 2 heterocycles. The summed E-state index contributed by atoms with van der Waals surface area (Å²) in [6.07, 6.45) is 5.61. The van der Waals surface area contributed by atoms with Crippen LogP contribution in [0.3, 0.4) is 0 Å². The normalized spacial score (nSPS) is 19.2. The van der Waals surface area contributed by atoms with Gasteiger partial charge in [-0.05, 0) is 19.3 Å². The fourth-order valence-corrected chi connectivity index (χ4v) is 2.73. The highest BCUT2D eigenvalue weighted by molar-refractivity contribution is 7.15. The molecule has 5 heteroatoms. The maximum Gasteiger partial charge on any atom is 0.185 e. The molecule has 15 heavy (non-hydrogen) atoms. The molecule has 1 aromatic heterocycles. The van der Waals surface area contributed by atoms with Gasteiger partial charge in [-0.15, -0.1) is 11.3 Å². The van der Waals surface area contributed by atoms with Gasteiger partial charge < -0.3 is 15.7 Å². The Labute approximate surface area is 93.7 Å². The average Bonchev–Trinajstić information content (AvgIpc) is 2.78. The van der Waals surface area contributed by atoms with Gasteiger partial charge in [0.2, 0.25) is 0 Å². The van der Waals surface area contributed by atoms with Crippen LogP contribution in [0.5, 0.6) is 0 Å². The fraction of sp³-hybridized carbons (Fsp3) is 0.700. The van der Waals surface area contributed by atoms with Gasteiger partial charge in [-0.25, -0.2) is 4.98 Å². The van der Waals surface area contributed by atoms with Crippen molar-refractivity contribution < 1.29 is 5.11 Å². The van der Waals surface area contributed by atoms with E-state index in [0.29, 0.717) is 0 Å². The topological polar surface area (TPSA) is 62.4 Å². The first-order valence-corrected chi connectivity index (χ1v) is 6.20. The quantitative estimate of drug-likeness (QED) is 0.812. The van der Waals surface area contributed by atoms with E-state index >= 15 is 0 Å². The number of aliphatic hydroxyl groups excluding tert-OH is 1. The SMILES string of the molecule is NC(CO)c1cnc(N2CCCCC2)s1. The molecule has 3 N–H and O–H groups in total. The zero-order chi connectivity index (χ0) is 10.7. The summed E-state index contributed by atoms with van der Waals surface area (Å²) in [5, 5.41) is 10.00. The van der Waals surface area contributed by atoms with E-state index in [0.717, 1.165) is 23.1 Å². The van der Waals surface area contributed by atoms with E-state index in [1.165, 1.54) is 19.3 Å². The number of aromatic nitrogens is 1. The van der Waals surface area contributed by atoms with Crippen LogP contribution in [0.25, 0.3) is 0 Å². The van der Waals surface area contributed by atoms with Crippen molar-refractivity contribution in [1.29, 1.82) is 0 Å². The first-order valence-electron chi connectivity index (χ1n) is 5.38. The Morgan fingerprint density at radius 1 is 1.47 bits per heavy atom. The van der Waals surface area contributed by atoms with Crippen LogP contribution >= 0.6 is 11.3 Å². The minimum absolute atomic E-state index is 0.0123. The number of nitrogens with zero attached hydrogens (tertiary/aromatic N) is 2. The van der Waals surface area contributed by atoms with Crippen LogP contribution in [0, 0.1) is 0 Å². The van der Waals surface area contributed by atoms with Gasteiger partial charge in [0.25, 0.3) is 0 Å². The molecule has 0 spiro atoms. The van der Waals surface area contributed by atoms with E-state index in [9.17, 15) is 0 Å². The van der Waals surface area contributed by atoms with E-state index in [2.05, 4.69) is 9.88 Å². The molecule has 1 atom stereocenters. The molecule has 1 saturated heterocycles. The highest BCUT2D eigenvalue weighted by atomic mass is 32.1. The van der Waals surface area contributed by atoms with Gasteiger partial charge in [0.15, 0.2) is 5.13 Å². The van der Waals surface area contributed by atoms with Crippen molar-refractivity contribution >= 4 is 16.5 Å². The van der Waals surface area contributed by atoms with Gasteiger partial charge in [-0.3, -0.25) is 0 Å². The van der Waals surface area contributed by atoms with Crippen molar-refractivity contribution in [2.24, 2.45) is 5.73 Å². The fourth-order valence-electron chi connectivity index (χ4n) is 1.77. The molecule has 4 nitrogen and oxygen atoms in total. The molecule has 2 rings (SSSR count). The first kappa shape index (κ1) is 10.9. The van der Waals surface area contributed by atoms with Crippen molar-refractivity contribution in [2.75, 3.05) is 24.6 Å². The second-order valence-electron chi connectivity index (χ2n) is 3.88. The Balaban J connectivity index is 2.05. The maximum absolute atomic E-state index is 8.95. The highest BCUT2D eigenvalue weighted by Gasteiger charge is 2.16. The summed E-state index contributed by atoms with van der Waals surface area (Å²) in [5.41, 5.74) is 5.74. The van der Waals surface area contributed by atoms with Crippen molar-refractivity contribution in [3.05, 3.63) is 11.1 Å². The Morgan fingerprint density at radius 2 is 2.20 bits per heavy atom. The summed E-state index contributed by atoms with van der Waals surface area (Å²) in [7, 11) is 0. The standard InChI is InChI=1S/C10H17N3OS/c11-8(7-14)9-6-12-10(15-9)13-4-2-1-3-5-13/h6,8,14H,1-5,7,11H2. The predicted octanol–water partition coefficient (Wildman–Crippen LogP) is 1.13. The predicted molar refractivity (Wildman–Crippen MR) is 62.2 cm³/mol. The number of rotatable bonds is 3. The number of hydrogen-bond donors (Lipinski definition) is 2. The van der Waals surface area contributed by atoms with Crippen molar-refractivity contribution in [3.8, 4) is 0 Å². The number of aliphatic hydroxyl groups is 1. The van der Waals surface area contributed by atoms with E-state index in [1.807, 2.05) is 0 Å². The van der Waals surface area contributed by atoms with Crippen LogP contribution in [-0.4, -0.2) is 29.8 Å². The summed E-state index contributed by atoms with van der Waals surface area (Å²) in [6, 6.07) is -0.277. The Bertz CT molecular complexity index is 309. The molecule has 1 fully saturated rings. The molecular formula is C10H17N3OS. The zero-order valence-electron chi connectivity index (χ0n) is 8.72. The van der Waals surface area contributed by atoms with Crippen molar-refractivity contribution in [1.82, 2.24) is 4.98 Å². The smallest absolute Gasteiger partial charge is 0.185 e. The largest absolute Gasteiger partial charge is 0.394 e. The van der Waals surface area contributed by atoms with E-state index in [-0.39, 0.29) is 12.6 Å². The van der Waals surface area contributed by atoms with Gasteiger partial charge in [0.1, 0.15) is 0 Å². The van der Waals surface area contributed by atoms with Crippen LogP contribution in [0.2, 0.25) is 0 Å². The number of nitrogens with two attached hydrogens (primary N) is 1. The molecule has 1 aliphatic heterocycles. The minimum atomic E-state index is -0.277. The molecule has 0 bridgehead atoms. The van der Waals surface area contributed by atoms with E-state index in [1.54, 1.807) is 17.5 Å². The number of thiazole rings is 1. The average molecular weight is 227 g/mol. The molecule has 0 radical (unpaired) electrons. The summed E-state index contributed by atoms with van der Waals surface area (Å²) in [6.45, 7) is 2.18. The summed E-state index contributed by atoms with van der Waals surface area (Å²) < 4.78 is 0. The monoisotopic (exact) mass is 227 g/mol. The van der Waals surface area contributed by atoms with Crippen LogP contribution in [0.15, 0.2) is 6.20 Å². The Morgan fingerprint density at radius 3 is 2.87 bits per heavy atom. The summed E-state index contributed by atoms with van der Waals surface area (Å²) in [4.78, 5) is 7.64. The van der Waals surface area contributed by atoms with Gasteiger partial charge in [-0.2, -0.15) is 0 Å². The number of anilines is 1. The Hall–Kier alpha value is -0.650. The third-order valence-corrected chi connectivity index (χ3v) is 3.89. The van der Waals surface area contributed by atoms with E-state index in [4.69, 9.17) is 10.8 Å². The lowest BCUT2D eigenvalue weighted by Crippen LogP contribution is -2.29. The minimum Gasteiger partial charge on any atom is -0.394 e. The van der Waals surface area contributed by atoms with Gasteiger partial charge >= 0.3 is 0 Å². The number of piperidine rings is 1.